The van der Waals surface area contributed by atoms with Crippen LogP contribution in [0.3, 0.4) is 0 Å². The summed E-state index contributed by atoms with van der Waals surface area (Å²) >= 11 is 6.30. The number of ether oxygens (including phenoxy) is 1. The van der Waals surface area contributed by atoms with E-state index in [9.17, 15) is 18.0 Å². The highest BCUT2D eigenvalue weighted by Crippen LogP contribution is 2.36. The number of pyridine rings is 1. The third-order valence-corrected chi connectivity index (χ3v) is 5.58. The van der Waals surface area contributed by atoms with Gasteiger partial charge in [0.2, 0.25) is 0 Å². The second kappa shape index (κ2) is 10.3. The molecule has 35 heavy (non-hydrogen) atoms. The molecule has 3 heterocycles. The van der Waals surface area contributed by atoms with E-state index < -0.39 is 29.5 Å². The highest BCUT2D eigenvalue weighted by Gasteiger charge is 2.34. The van der Waals surface area contributed by atoms with Crippen molar-refractivity contribution in [3.63, 3.8) is 0 Å². The number of hydrogen-bond acceptors (Lipinski definition) is 7. The van der Waals surface area contributed by atoms with Crippen molar-refractivity contribution in [3.8, 4) is 0 Å². The first-order valence-electron chi connectivity index (χ1n) is 10.4. The number of carbonyl (C=O) groups is 1. The topological polar surface area (TPSA) is 80.0 Å². The predicted molar refractivity (Wildman–Crippen MR) is 122 cm³/mol. The van der Waals surface area contributed by atoms with Crippen molar-refractivity contribution in [1.29, 1.82) is 0 Å². The normalized spacial score (nSPS) is 15.7. The second-order valence-corrected chi connectivity index (χ2v) is 8.20. The minimum absolute atomic E-state index is 0.0113. The molecule has 1 N–H and O–H groups in total. The average Bonchev–Trinajstić information content (AvgIpc) is 3.31. The maximum atomic E-state index is 14.6. The molecule has 0 radical (unpaired) electrons. The fourth-order valence-electron chi connectivity index (χ4n) is 3.72. The molecular weight excluding hydrogens is 485 g/mol. The smallest absolute Gasteiger partial charge is 0.338 e. The van der Waals surface area contributed by atoms with Crippen LogP contribution in [0, 0.1) is 17.5 Å². The third-order valence-electron chi connectivity index (χ3n) is 5.25. The summed E-state index contributed by atoms with van der Waals surface area (Å²) in [7, 11) is 3.00. The van der Waals surface area contributed by atoms with Gasteiger partial charge in [-0.2, -0.15) is 0 Å². The van der Waals surface area contributed by atoms with Gasteiger partial charge in [0, 0.05) is 28.9 Å². The number of esters is 1. The van der Waals surface area contributed by atoms with E-state index in [4.69, 9.17) is 20.8 Å². The molecule has 7 nitrogen and oxygen atoms in total. The van der Waals surface area contributed by atoms with Gasteiger partial charge in [-0.15, -0.1) is 0 Å². The monoisotopic (exact) mass is 504 g/mol. The van der Waals surface area contributed by atoms with Gasteiger partial charge in [-0.3, -0.25) is 9.89 Å². The number of nitrogens with zero attached hydrogens (tertiary/aromatic N) is 3. The summed E-state index contributed by atoms with van der Waals surface area (Å²) in [5, 5.41) is 2.96. The van der Waals surface area contributed by atoms with Gasteiger partial charge in [0.1, 0.15) is 29.1 Å². The van der Waals surface area contributed by atoms with Crippen molar-refractivity contribution in [2.45, 2.75) is 12.6 Å². The largest absolute Gasteiger partial charge is 0.468 e. The molecule has 2 aromatic heterocycles. The highest BCUT2D eigenvalue weighted by molar-refractivity contribution is 6.31. The maximum absolute atomic E-state index is 14.6. The number of amidine groups is 1. The third kappa shape index (κ3) is 5.39. The molecule has 0 fully saturated rings. The zero-order chi connectivity index (χ0) is 25.1. The number of halogens is 4. The van der Waals surface area contributed by atoms with Crippen LogP contribution >= 0.6 is 11.6 Å². The van der Waals surface area contributed by atoms with Gasteiger partial charge >= 0.3 is 5.97 Å². The number of hydrogen-bond donors (Lipinski definition) is 1. The lowest BCUT2D eigenvalue weighted by Gasteiger charge is -2.29. The van der Waals surface area contributed by atoms with Crippen LogP contribution in [0.25, 0.3) is 0 Å². The Morgan fingerprint density at radius 1 is 1.20 bits per heavy atom. The summed E-state index contributed by atoms with van der Waals surface area (Å²) in [4.78, 5) is 23.0. The second-order valence-electron chi connectivity index (χ2n) is 7.79. The van der Waals surface area contributed by atoms with Crippen LogP contribution in [0.2, 0.25) is 5.02 Å². The molecule has 0 saturated heterocycles. The number of benzene rings is 1. The molecule has 3 aromatic rings. The Labute approximate surface area is 203 Å². The van der Waals surface area contributed by atoms with Gasteiger partial charge in [-0.05, 0) is 31.3 Å². The molecule has 1 aliphatic rings. The lowest BCUT2D eigenvalue weighted by Crippen LogP contribution is -2.39. The molecule has 1 atom stereocenters. The van der Waals surface area contributed by atoms with Crippen molar-refractivity contribution in [3.05, 3.63) is 99.6 Å². The number of carbonyl (C=O) groups excluding carboxylic acids is 1. The zero-order valence-electron chi connectivity index (χ0n) is 18.7. The average molecular weight is 505 g/mol. The van der Waals surface area contributed by atoms with Gasteiger partial charge in [0.15, 0.2) is 11.7 Å². The standard InChI is InChI=1S/C24H20ClF3N4O3/c1-32(11-15-4-3-7-35-15)12-19-20(24(33)34-2)21(16-6-5-13(26)8-17(16)25)31-23(30-19)22-18(28)9-14(27)10-29-22/h3-10,21H,11-12H2,1-2H3,(H,30,31)/t21-/m0/s1. The van der Waals surface area contributed by atoms with Crippen LogP contribution in [0.15, 0.2) is 69.5 Å². The van der Waals surface area contributed by atoms with Gasteiger partial charge in [-0.25, -0.2) is 22.9 Å². The molecule has 0 bridgehead atoms. The van der Waals surface area contributed by atoms with Crippen molar-refractivity contribution in [2.75, 3.05) is 20.7 Å². The van der Waals surface area contributed by atoms with Gasteiger partial charge in [-0.1, -0.05) is 17.7 Å². The first kappa shape index (κ1) is 24.5. The van der Waals surface area contributed by atoms with E-state index in [1.54, 1.807) is 25.4 Å². The summed E-state index contributed by atoms with van der Waals surface area (Å²) in [6.45, 7) is 0.548. The first-order chi connectivity index (χ1) is 16.8. The molecule has 0 saturated carbocycles. The van der Waals surface area contributed by atoms with Crippen LogP contribution < -0.4 is 5.32 Å². The summed E-state index contributed by atoms with van der Waals surface area (Å²) in [5.41, 5.74) is 0.455. The number of methoxy groups -OCH3 is 1. The molecule has 0 unspecified atom stereocenters. The maximum Gasteiger partial charge on any atom is 0.338 e. The van der Waals surface area contributed by atoms with E-state index in [2.05, 4.69) is 15.3 Å². The summed E-state index contributed by atoms with van der Waals surface area (Å²) < 4.78 is 52.3. The first-order valence-corrected chi connectivity index (χ1v) is 10.8. The molecule has 1 aromatic carbocycles. The van der Waals surface area contributed by atoms with E-state index in [0.29, 0.717) is 29.6 Å². The van der Waals surface area contributed by atoms with Crippen molar-refractivity contribution in [1.82, 2.24) is 15.2 Å². The molecular formula is C24H20ClF3N4O3. The van der Waals surface area contributed by atoms with E-state index in [1.807, 2.05) is 4.90 Å². The molecule has 182 valence electrons. The lowest BCUT2D eigenvalue weighted by molar-refractivity contribution is -0.136. The van der Waals surface area contributed by atoms with Crippen molar-refractivity contribution < 1.29 is 27.1 Å². The van der Waals surface area contributed by atoms with E-state index in [-0.39, 0.29) is 28.7 Å². The molecule has 11 heteroatoms. The van der Waals surface area contributed by atoms with Crippen molar-refractivity contribution >= 4 is 23.4 Å². The fraction of sp³-hybridized carbons (Fsp3) is 0.208. The molecule has 4 rings (SSSR count). The Morgan fingerprint density at radius 3 is 2.66 bits per heavy atom. The van der Waals surface area contributed by atoms with Crippen LogP contribution in [0.4, 0.5) is 13.2 Å². The number of aliphatic imine (C=N–C) groups is 1. The van der Waals surface area contributed by atoms with E-state index >= 15 is 0 Å². The minimum Gasteiger partial charge on any atom is -0.468 e. The predicted octanol–water partition coefficient (Wildman–Crippen LogP) is 4.40. The van der Waals surface area contributed by atoms with Gasteiger partial charge in [0.05, 0.1) is 31.7 Å². The molecule has 0 amide bonds. The van der Waals surface area contributed by atoms with Crippen molar-refractivity contribution in [2.24, 2.45) is 4.99 Å². The zero-order valence-corrected chi connectivity index (χ0v) is 19.4. The Bertz CT molecular complexity index is 1310. The highest BCUT2D eigenvalue weighted by atomic mass is 35.5. The van der Waals surface area contributed by atoms with Crippen LogP contribution in [-0.4, -0.2) is 42.4 Å². The van der Waals surface area contributed by atoms with E-state index in [0.717, 1.165) is 12.3 Å². The van der Waals surface area contributed by atoms with E-state index in [1.165, 1.54) is 19.2 Å². The Morgan fingerprint density at radius 2 is 2.00 bits per heavy atom. The Hall–Kier alpha value is -3.63. The van der Waals surface area contributed by atoms with Crippen LogP contribution in [0.5, 0.6) is 0 Å². The fourth-order valence-corrected chi connectivity index (χ4v) is 3.99. The Balaban J connectivity index is 1.83. The lowest BCUT2D eigenvalue weighted by atomic mass is 9.95. The quantitative estimate of drug-likeness (QED) is 0.481. The molecule has 0 spiro atoms. The summed E-state index contributed by atoms with van der Waals surface area (Å²) in [6, 6.07) is 6.79. The molecule has 0 aliphatic carbocycles. The number of rotatable bonds is 7. The van der Waals surface area contributed by atoms with Crippen LogP contribution in [0.1, 0.15) is 23.1 Å². The Kier molecular flexibility index (Phi) is 7.23. The minimum atomic E-state index is -1.08. The van der Waals surface area contributed by atoms with Crippen LogP contribution in [-0.2, 0) is 16.1 Å². The number of nitrogens with one attached hydrogen (secondary N) is 1. The number of aromatic nitrogens is 1. The summed E-state index contributed by atoms with van der Waals surface area (Å²) in [5.74, 6) is -2.47. The SMILES string of the molecule is COC(=O)C1=C(CN(C)Cc2ccco2)NC(c2ncc(F)cc2F)=N[C@H]1c1ccc(F)cc1Cl. The van der Waals surface area contributed by atoms with Gasteiger partial charge < -0.3 is 14.5 Å². The summed E-state index contributed by atoms with van der Waals surface area (Å²) in [6.07, 6.45) is 2.40. The molecule has 1 aliphatic heterocycles. The van der Waals surface area contributed by atoms with Gasteiger partial charge in [0.25, 0.3) is 0 Å². The number of likely N-dealkylation sites (N-methyl/N-ethyl adjacent to an activating group) is 1. The number of furan rings is 1.